The van der Waals surface area contributed by atoms with Gasteiger partial charge in [0.2, 0.25) is 0 Å². The van der Waals surface area contributed by atoms with Gasteiger partial charge in [0, 0.05) is 18.1 Å². The van der Waals surface area contributed by atoms with E-state index in [0.717, 1.165) is 5.69 Å². The van der Waals surface area contributed by atoms with Gasteiger partial charge in [0.1, 0.15) is 0 Å². The summed E-state index contributed by atoms with van der Waals surface area (Å²) in [6.45, 7) is 1.56. The smallest absolute Gasteiger partial charge is 0.172 e. The highest BCUT2D eigenvalue weighted by Gasteiger charge is 2.03. The minimum absolute atomic E-state index is 0.321. The highest BCUT2D eigenvalue weighted by atomic mass is 32.2. The summed E-state index contributed by atoms with van der Waals surface area (Å²) in [7, 11) is -3.07. The molecule has 1 aromatic carbocycles. The number of para-hydroxylation sites is 1. The molecule has 0 atom stereocenters. The first-order valence-corrected chi connectivity index (χ1v) is 6.08. The van der Waals surface area contributed by atoms with Gasteiger partial charge in [-0.2, -0.15) is 0 Å². The van der Waals surface area contributed by atoms with Gasteiger partial charge in [-0.1, -0.05) is 18.2 Å². The van der Waals surface area contributed by atoms with Crippen molar-refractivity contribution >= 4 is 15.5 Å². The Morgan fingerprint density at radius 2 is 1.86 bits per heavy atom. The SMILES string of the molecule is C/C(=C/Nc1ccccc1)S(C)(=O)=O. The minimum atomic E-state index is -3.07. The molecule has 0 bridgehead atoms. The Morgan fingerprint density at radius 1 is 1.29 bits per heavy atom. The molecular weight excluding hydrogens is 198 g/mol. The molecule has 0 aromatic heterocycles. The van der Waals surface area contributed by atoms with Gasteiger partial charge in [-0.15, -0.1) is 0 Å². The number of rotatable bonds is 3. The van der Waals surface area contributed by atoms with E-state index >= 15 is 0 Å². The number of hydrogen-bond donors (Lipinski definition) is 1. The Bertz CT molecular complexity index is 421. The first-order chi connectivity index (χ1) is 6.50. The van der Waals surface area contributed by atoms with Crippen LogP contribution in [0.3, 0.4) is 0 Å². The van der Waals surface area contributed by atoms with Crippen LogP contribution >= 0.6 is 0 Å². The highest BCUT2D eigenvalue weighted by molar-refractivity contribution is 7.94. The van der Waals surface area contributed by atoms with Crippen molar-refractivity contribution in [3.05, 3.63) is 41.4 Å². The topological polar surface area (TPSA) is 46.2 Å². The number of benzene rings is 1. The molecule has 0 aliphatic rings. The van der Waals surface area contributed by atoms with E-state index in [9.17, 15) is 8.42 Å². The Labute approximate surface area is 84.4 Å². The Kier molecular flexibility index (Phi) is 3.30. The zero-order valence-corrected chi connectivity index (χ0v) is 9.01. The maximum absolute atomic E-state index is 11.0. The zero-order chi connectivity index (χ0) is 10.6. The van der Waals surface area contributed by atoms with Gasteiger partial charge in [0.05, 0.1) is 4.91 Å². The number of sulfone groups is 1. The standard InChI is InChI=1S/C10H13NO2S/c1-9(14(2,12)13)8-11-10-6-4-3-5-7-10/h3-8,11H,1-2H3/b9-8-. The van der Waals surface area contributed by atoms with Crippen molar-refractivity contribution in [2.24, 2.45) is 0 Å². The summed E-state index contributed by atoms with van der Waals surface area (Å²) < 4.78 is 22.1. The summed E-state index contributed by atoms with van der Waals surface area (Å²) >= 11 is 0. The number of hydrogen-bond acceptors (Lipinski definition) is 3. The zero-order valence-electron chi connectivity index (χ0n) is 8.19. The van der Waals surface area contributed by atoms with Crippen molar-refractivity contribution in [2.75, 3.05) is 11.6 Å². The molecule has 0 aliphatic heterocycles. The van der Waals surface area contributed by atoms with Crippen LogP contribution in [0.25, 0.3) is 0 Å². The van der Waals surface area contributed by atoms with E-state index in [1.165, 1.54) is 12.5 Å². The van der Waals surface area contributed by atoms with E-state index in [4.69, 9.17) is 0 Å². The molecule has 0 radical (unpaired) electrons. The maximum Gasteiger partial charge on any atom is 0.172 e. The Hall–Kier alpha value is -1.29. The van der Waals surface area contributed by atoms with Crippen molar-refractivity contribution in [3.63, 3.8) is 0 Å². The largest absolute Gasteiger partial charge is 0.361 e. The average molecular weight is 211 g/mol. The molecule has 76 valence electrons. The van der Waals surface area contributed by atoms with E-state index in [1.54, 1.807) is 6.92 Å². The van der Waals surface area contributed by atoms with Gasteiger partial charge in [-0.3, -0.25) is 0 Å². The Balaban J connectivity index is 2.74. The molecule has 14 heavy (non-hydrogen) atoms. The van der Waals surface area contributed by atoms with Crippen molar-refractivity contribution in [1.29, 1.82) is 0 Å². The molecule has 4 heteroatoms. The fourth-order valence-corrected chi connectivity index (χ4v) is 1.10. The van der Waals surface area contributed by atoms with Crippen LogP contribution < -0.4 is 5.32 Å². The van der Waals surface area contributed by atoms with Gasteiger partial charge < -0.3 is 5.32 Å². The van der Waals surface area contributed by atoms with E-state index in [2.05, 4.69) is 5.32 Å². The van der Waals surface area contributed by atoms with Crippen LogP contribution in [0.15, 0.2) is 41.4 Å². The van der Waals surface area contributed by atoms with Crippen molar-refractivity contribution in [2.45, 2.75) is 6.92 Å². The molecule has 1 rings (SSSR count). The first-order valence-electron chi connectivity index (χ1n) is 4.18. The summed E-state index contributed by atoms with van der Waals surface area (Å²) in [5, 5.41) is 2.91. The summed E-state index contributed by atoms with van der Waals surface area (Å²) in [6.07, 6.45) is 2.68. The average Bonchev–Trinajstić information content (AvgIpc) is 2.14. The lowest BCUT2D eigenvalue weighted by atomic mass is 10.3. The quantitative estimate of drug-likeness (QED) is 0.831. The van der Waals surface area contributed by atoms with Crippen molar-refractivity contribution in [3.8, 4) is 0 Å². The second-order valence-electron chi connectivity index (χ2n) is 3.04. The molecule has 1 aromatic rings. The summed E-state index contributed by atoms with van der Waals surface area (Å²) in [5.41, 5.74) is 0.871. The van der Waals surface area contributed by atoms with Crippen LogP contribution in [0, 0.1) is 0 Å². The lowest BCUT2D eigenvalue weighted by Crippen LogP contribution is -2.00. The Morgan fingerprint density at radius 3 is 2.36 bits per heavy atom. The number of nitrogens with one attached hydrogen (secondary N) is 1. The van der Waals surface area contributed by atoms with Crippen molar-refractivity contribution in [1.82, 2.24) is 0 Å². The maximum atomic E-state index is 11.0. The molecule has 0 unspecified atom stereocenters. The van der Waals surface area contributed by atoms with Crippen LogP contribution in [0.1, 0.15) is 6.92 Å². The third-order valence-electron chi connectivity index (χ3n) is 1.80. The molecule has 0 amide bonds. The molecule has 0 fully saturated rings. The fourth-order valence-electron chi connectivity index (χ4n) is 0.826. The van der Waals surface area contributed by atoms with E-state index < -0.39 is 9.84 Å². The van der Waals surface area contributed by atoms with Gasteiger partial charge >= 0.3 is 0 Å². The first kappa shape index (κ1) is 10.8. The van der Waals surface area contributed by atoms with Gasteiger partial charge in [-0.25, -0.2) is 8.42 Å². The third-order valence-corrected chi connectivity index (χ3v) is 3.09. The number of allylic oxidation sites excluding steroid dienone is 1. The molecule has 0 heterocycles. The summed E-state index contributed by atoms with van der Waals surface area (Å²) in [6, 6.07) is 9.40. The van der Waals surface area contributed by atoms with Gasteiger partial charge in [0.25, 0.3) is 0 Å². The predicted molar refractivity (Wildman–Crippen MR) is 58.7 cm³/mol. The number of anilines is 1. The minimum Gasteiger partial charge on any atom is -0.361 e. The van der Waals surface area contributed by atoms with Gasteiger partial charge in [0.15, 0.2) is 9.84 Å². The van der Waals surface area contributed by atoms with Gasteiger partial charge in [-0.05, 0) is 19.1 Å². The monoisotopic (exact) mass is 211 g/mol. The van der Waals surface area contributed by atoms with Crippen LogP contribution in [0.4, 0.5) is 5.69 Å². The van der Waals surface area contributed by atoms with E-state index in [-0.39, 0.29) is 0 Å². The van der Waals surface area contributed by atoms with Crippen LogP contribution in [0.5, 0.6) is 0 Å². The second kappa shape index (κ2) is 4.28. The summed E-state index contributed by atoms with van der Waals surface area (Å²) in [4.78, 5) is 0.321. The summed E-state index contributed by atoms with van der Waals surface area (Å²) in [5.74, 6) is 0. The molecule has 1 N–H and O–H groups in total. The van der Waals surface area contributed by atoms with Crippen LogP contribution in [-0.4, -0.2) is 14.7 Å². The molecule has 0 aliphatic carbocycles. The third kappa shape index (κ3) is 3.22. The molecule has 0 saturated carbocycles. The fraction of sp³-hybridized carbons (Fsp3) is 0.200. The van der Waals surface area contributed by atoms with Crippen LogP contribution in [0.2, 0.25) is 0 Å². The van der Waals surface area contributed by atoms with Crippen LogP contribution in [-0.2, 0) is 9.84 Å². The second-order valence-corrected chi connectivity index (χ2v) is 5.23. The lowest BCUT2D eigenvalue weighted by Gasteiger charge is -2.01. The van der Waals surface area contributed by atoms with Crippen molar-refractivity contribution < 1.29 is 8.42 Å². The molecule has 0 saturated heterocycles. The van der Waals surface area contributed by atoms with E-state index in [1.807, 2.05) is 30.3 Å². The molecular formula is C10H13NO2S. The predicted octanol–water partition coefficient (Wildman–Crippen LogP) is 2.00. The van der Waals surface area contributed by atoms with E-state index in [0.29, 0.717) is 4.91 Å². The highest BCUT2D eigenvalue weighted by Crippen LogP contribution is 2.07. The normalized spacial score (nSPS) is 12.6. The molecule has 3 nitrogen and oxygen atoms in total. The lowest BCUT2D eigenvalue weighted by molar-refractivity contribution is 0.607. The molecule has 0 spiro atoms.